The molecule has 0 atom stereocenters. The zero-order chi connectivity index (χ0) is 19.2. The highest BCUT2D eigenvalue weighted by atomic mass is 15.1. The van der Waals surface area contributed by atoms with Crippen LogP contribution >= 0.6 is 0 Å². The van der Waals surface area contributed by atoms with Gasteiger partial charge in [0, 0.05) is 17.5 Å². The molecule has 4 nitrogen and oxygen atoms in total. The molecule has 27 heavy (non-hydrogen) atoms. The molecule has 136 valence electrons. The molecular formula is C23H24N4. The van der Waals surface area contributed by atoms with Gasteiger partial charge in [0.15, 0.2) is 5.84 Å². The first-order valence-corrected chi connectivity index (χ1v) is 9.00. The van der Waals surface area contributed by atoms with Crippen molar-refractivity contribution in [1.82, 2.24) is 5.32 Å². The van der Waals surface area contributed by atoms with Gasteiger partial charge in [-0.1, -0.05) is 62.1 Å². The van der Waals surface area contributed by atoms with Crippen LogP contribution in [0.1, 0.15) is 30.5 Å². The average Bonchev–Trinajstić information content (AvgIpc) is 3.12. The zero-order valence-corrected chi connectivity index (χ0v) is 15.7. The molecule has 0 bridgehead atoms. The Bertz CT molecular complexity index is 963. The second kappa shape index (κ2) is 8.32. The summed E-state index contributed by atoms with van der Waals surface area (Å²) in [7, 11) is 0. The number of amidine groups is 2. The number of nitrogens with two attached hydrogens (primary N) is 1. The molecule has 4 heteroatoms. The maximum Gasteiger partial charge on any atom is 0.178 e. The summed E-state index contributed by atoms with van der Waals surface area (Å²) in [5.41, 5.74) is 12.1. The Morgan fingerprint density at radius 2 is 2.00 bits per heavy atom. The molecular weight excluding hydrogens is 332 g/mol. The maximum atomic E-state index is 6.11. The molecule has 0 spiro atoms. The Morgan fingerprint density at radius 1 is 1.22 bits per heavy atom. The fourth-order valence-electron chi connectivity index (χ4n) is 2.84. The molecule has 1 aliphatic heterocycles. The second-order valence-electron chi connectivity index (χ2n) is 6.29. The molecule has 0 aliphatic carbocycles. The normalized spacial score (nSPS) is 17.1. The van der Waals surface area contributed by atoms with E-state index in [9.17, 15) is 0 Å². The molecule has 2 aromatic rings. The van der Waals surface area contributed by atoms with Crippen LogP contribution in [0.25, 0.3) is 6.08 Å². The Labute approximate surface area is 160 Å². The maximum absolute atomic E-state index is 6.11. The van der Waals surface area contributed by atoms with Gasteiger partial charge in [0.25, 0.3) is 0 Å². The summed E-state index contributed by atoms with van der Waals surface area (Å²) in [4.78, 5) is 8.93. The van der Waals surface area contributed by atoms with Crippen LogP contribution in [0.2, 0.25) is 0 Å². The van der Waals surface area contributed by atoms with Crippen molar-refractivity contribution in [3.63, 3.8) is 0 Å². The largest absolute Gasteiger partial charge is 0.398 e. The van der Waals surface area contributed by atoms with Crippen molar-refractivity contribution < 1.29 is 0 Å². The Morgan fingerprint density at radius 3 is 2.70 bits per heavy atom. The van der Waals surface area contributed by atoms with Crippen molar-refractivity contribution in [1.29, 1.82) is 0 Å². The molecule has 3 rings (SSSR count). The molecule has 2 aromatic carbocycles. The minimum absolute atomic E-state index is 0.626. The van der Waals surface area contributed by atoms with Crippen molar-refractivity contribution in [2.45, 2.75) is 20.3 Å². The molecule has 0 amide bonds. The van der Waals surface area contributed by atoms with Crippen LogP contribution < -0.4 is 11.1 Å². The van der Waals surface area contributed by atoms with Gasteiger partial charge in [-0.05, 0) is 42.2 Å². The standard InChI is InChI=1S/C23H24N4/c1-4-17-12-14-20(24)19(15-17)13-11-16(3)21-23(25-5-2)27-22(26-21)18-9-7-6-8-10-18/h5-15H,2,4,24H2,1,3H3,(H,25,26,27)/b13-11+,21-16-. The van der Waals surface area contributed by atoms with Crippen molar-refractivity contribution in [3.05, 3.63) is 95.3 Å². The fraction of sp³-hybridized carbons (Fsp3) is 0.130. The first kappa shape index (κ1) is 18.4. The number of nitrogens with one attached hydrogen (secondary N) is 1. The SMILES string of the molecule is C=CN=C1N=C(c2ccccc2)N/C1=C(C)\C=C\c1cc(CC)ccc1N. The van der Waals surface area contributed by atoms with Gasteiger partial charge in [-0.3, -0.25) is 0 Å². The molecule has 0 unspecified atom stereocenters. The molecule has 0 aromatic heterocycles. The molecule has 1 heterocycles. The first-order chi connectivity index (χ1) is 13.1. The fourth-order valence-corrected chi connectivity index (χ4v) is 2.84. The first-order valence-electron chi connectivity index (χ1n) is 9.00. The van der Waals surface area contributed by atoms with Crippen molar-refractivity contribution >= 4 is 23.4 Å². The highest BCUT2D eigenvalue weighted by molar-refractivity contribution is 6.19. The lowest BCUT2D eigenvalue weighted by atomic mass is 10.1. The van der Waals surface area contributed by atoms with Gasteiger partial charge in [-0.15, -0.1) is 0 Å². The Kier molecular flexibility index (Phi) is 5.67. The van der Waals surface area contributed by atoms with E-state index in [0.29, 0.717) is 5.84 Å². The lowest BCUT2D eigenvalue weighted by Gasteiger charge is -2.06. The highest BCUT2D eigenvalue weighted by Gasteiger charge is 2.20. The second-order valence-corrected chi connectivity index (χ2v) is 6.29. The van der Waals surface area contributed by atoms with Crippen LogP contribution in [0.5, 0.6) is 0 Å². The van der Waals surface area contributed by atoms with Crippen LogP contribution in [-0.2, 0) is 6.42 Å². The van der Waals surface area contributed by atoms with E-state index in [1.807, 2.05) is 55.5 Å². The Balaban J connectivity index is 1.92. The van der Waals surface area contributed by atoms with E-state index in [1.165, 1.54) is 11.8 Å². The topological polar surface area (TPSA) is 62.8 Å². The molecule has 0 saturated carbocycles. The summed E-state index contributed by atoms with van der Waals surface area (Å²) >= 11 is 0. The number of rotatable bonds is 5. The number of hydrogen-bond donors (Lipinski definition) is 2. The quantitative estimate of drug-likeness (QED) is 0.762. The minimum atomic E-state index is 0.626. The number of nitrogen functional groups attached to an aromatic ring is 1. The molecule has 0 saturated heterocycles. The van der Waals surface area contributed by atoms with Gasteiger partial charge in [-0.25, -0.2) is 9.98 Å². The van der Waals surface area contributed by atoms with E-state index < -0.39 is 0 Å². The molecule has 3 N–H and O–H groups in total. The summed E-state index contributed by atoms with van der Waals surface area (Å²) in [5, 5.41) is 3.38. The van der Waals surface area contributed by atoms with Gasteiger partial charge in [0.05, 0.1) is 5.70 Å². The summed E-state index contributed by atoms with van der Waals surface area (Å²) in [5.74, 6) is 1.41. The zero-order valence-electron chi connectivity index (χ0n) is 15.7. The molecule has 1 aliphatic rings. The summed E-state index contributed by atoms with van der Waals surface area (Å²) in [6.45, 7) is 7.86. The predicted molar refractivity (Wildman–Crippen MR) is 116 cm³/mol. The lowest BCUT2D eigenvalue weighted by molar-refractivity contribution is 1.14. The van der Waals surface area contributed by atoms with Crippen molar-refractivity contribution in [2.24, 2.45) is 9.98 Å². The van der Waals surface area contributed by atoms with Crippen LogP contribution in [-0.4, -0.2) is 11.7 Å². The van der Waals surface area contributed by atoms with Crippen LogP contribution in [0.4, 0.5) is 5.69 Å². The van der Waals surface area contributed by atoms with E-state index in [2.05, 4.69) is 40.9 Å². The number of nitrogens with zero attached hydrogens (tertiary/aromatic N) is 2. The third-order valence-electron chi connectivity index (χ3n) is 4.41. The predicted octanol–water partition coefficient (Wildman–Crippen LogP) is 4.71. The number of benzene rings is 2. The smallest absolute Gasteiger partial charge is 0.178 e. The third kappa shape index (κ3) is 4.23. The van der Waals surface area contributed by atoms with Crippen LogP contribution in [0.3, 0.4) is 0 Å². The minimum Gasteiger partial charge on any atom is -0.398 e. The number of anilines is 1. The van der Waals surface area contributed by atoms with E-state index >= 15 is 0 Å². The summed E-state index contributed by atoms with van der Waals surface area (Å²) < 4.78 is 0. The number of aryl methyl sites for hydroxylation is 1. The van der Waals surface area contributed by atoms with Gasteiger partial charge < -0.3 is 11.1 Å². The third-order valence-corrected chi connectivity index (χ3v) is 4.41. The van der Waals surface area contributed by atoms with Gasteiger partial charge in [0.1, 0.15) is 5.84 Å². The van der Waals surface area contributed by atoms with Crippen molar-refractivity contribution in [2.75, 3.05) is 5.73 Å². The van der Waals surface area contributed by atoms with Crippen LogP contribution in [0, 0.1) is 0 Å². The van der Waals surface area contributed by atoms with E-state index in [-0.39, 0.29) is 0 Å². The van der Waals surface area contributed by atoms with E-state index in [4.69, 9.17) is 5.73 Å². The molecule has 0 radical (unpaired) electrons. The number of aliphatic imine (C=N–C) groups is 2. The molecule has 0 fully saturated rings. The number of hydrogen-bond acceptors (Lipinski definition) is 3. The van der Waals surface area contributed by atoms with Crippen LogP contribution in [0.15, 0.2) is 88.6 Å². The highest BCUT2D eigenvalue weighted by Crippen LogP contribution is 2.20. The Hall–Kier alpha value is -3.40. The van der Waals surface area contributed by atoms with E-state index in [0.717, 1.165) is 40.3 Å². The number of allylic oxidation sites excluding steroid dienone is 2. The lowest BCUT2D eigenvalue weighted by Crippen LogP contribution is -2.19. The van der Waals surface area contributed by atoms with Gasteiger partial charge >= 0.3 is 0 Å². The van der Waals surface area contributed by atoms with Gasteiger partial charge in [-0.2, -0.15) is 0 Å². The monoisotopic (exact) mass is 356 g/mol. The van der Waals surface area contributed by atoms with Crippen molar-refractivity contribution in [3.8, 4) is 0 Å². The van der Waals surface area contributed by atoms with Gasteiger partial charge in [0.2, 0.25) is 0 Å². The van der Waals surface area contributed by atoms with E-state index in [1.54, 1.807) is 0 Å². The summed E-state index contributed by atoms with van der Waals surface area (Å²) in [6, 6.07) is 16.1. The summed E-state index contributed by atoms with van der Waals surface area (Å²) in [6.07, 6.45) is 6.56. The average molecular weight is 356 g/mol.